The van der Waals surface area contributed by atoms with Crippen LogP contribution in [-0.2, 0) is 25.6 Å². The van der Waals surface area contributed by atoms with E-state index in [4.69, 9.17) is 4.74 Å². The number of amides is 3. The van der Waals surface area contributed by atoms with E-state index in [1.54, 1.807) is 31.2 Å². The molecule has 11 heteroatoms. The van der Waals surface area contributed by atoms with Gasteiger partial charge in [-0.15, -0.1) is 0 Å². The highest BCUT2D eigenvalue weighted by Crippen LogP contribution is 2.19. The SMILES string of the molecule is CCC(=O)NCC(=O)NC(CS)C(=O)NC(Cc1ccc(OCCCCC2CCNCC2)cc1)C(=O)O. The van der Waals surface area contributed by atoms with Crippen LogP contribution in [0.3, 0.4) is 0 Å². The second-order valence-corrected chi connectivity index (χ2v) is 9.58. The van der Waals surface area contributed by atoms with E-state index in [2.05, 4.69) is 33.9 Å². The summed E-state index contributed by atoms with van der Waals surface area (Å²) in [6.07, 6.45) is 6.18. The number of carbonyl (C=O) groups is 4. The molecular weight excluding hydrogens is 496 g/mol. The Labute approximate surface area is 224 Å². The highest BCUT2D eigenvalue weighted by Gasteiger charge is 2.26. The van der Waals surface area contributed by atoms with Gasteiger partial charge in [-0.25, -0.2) is 4.79 Å². The molecule has 0 saturated carbocycles. The number of rotatable bonds is 16. The molecule has 0 aromatic heterocycles. The molecule has 0 spiro atoms. The summed E-state index contributed by atoms with van der Waals surface area (Å²) in [4.78, 5) is 47.6. The summed E-state index contributed by atoms with van der Waals surface area (Å²) in [7, 11) is 0. The van der Waals surface area contributed by atoms with Crippen LogP contribution in [0.4, 0.5) is 0 Å². The van der Waals surface area contributed by atoms with E-state index in [0.29, 0.717) is 6.61 Å². The molecule has 1 fully saturated rings. The largest absolute Gasteiger partial charge is 0.494 e. The highest BCUT2D eigenvalue weighted by molar-refractivity contribution is 7.80. The number of carbonyl (C=O) groups excluding carboxylic acids is 3. The lowest BCUT2D eigenvalue weighted by molar-refractivity contribution is -0.142. The van der Waals surface area contributed by atoms with Crippen molar-refractivity contribution in [3.63, 3.8) is 0 Å². The summed E-state index contributed by atoms with van der Waals surface area (Å²) in [6, 6.07) is 4.92. The lowest BCUT2D eigenvalue weighted by Gasteiger charge is -2.22. The Morgan fingerprint density at radius 1 is 1.05 bits per heavy atom. The molecule has 0 radical (unpaired) electrons. The quantitative estimate of drug-likeness (QED) is 0.138. The molecule has 0 aliphatic carbocycles. The zero-order chi connectivity index (χ0) is 27.0. The van der Waals surface area contributed by atoms with Crippen LogP contribution < -0.4 is 26.0 Å². The summed E-state index contributed by atoms with van der Waals surface area (Å²) in [5.41, 5.74) is 0.722. The first-order chi connectivity index (χ1) is 17.8. The van der Waals surface area contributed by atoms with Gasteiger partial charge in [-0.05, 0) is 62.4 Å². The Hall–Kier alpha value is -2.79. The topological polar surface area (TPSA) is 146 Å². The zero-order valence-corrected chi connectivity index (χ0v) is 22.4. The van der Waals surface area contributed by atoms with Gasteiger partial charge in [-0.3, -0.25) is 14.4 Å². The Morgan fingerprint density at radius 3 is 2.38 bits per heavy atom. The average Bonchev–Trinajstić information content (AvgIpc) is 2.91. The van der Waals surface area contributed by atoms with Crippen LogP contribution in [0.5, 0.6) is 5.75 Å². The Balaban J connectivity index is 1.77. The number of ether oxygens (including phenoxy) is 1. The van der Waals surface area contributed by atoms with Crippen molar-refractivity contribution in [2.24, 2.45) is 5.92 Å². The van der Waals surface area contributed by atoms with Crippen molar-refractivity contribution in [3.05, 3.63) is 29.8 Å². The van der Waals surface area contributed by atoms with Crippen LogP contribution in [0.15, 0.2) is 24.3 Å². The number of unbranched alkanes of at least 4 members (excludes halogenated alkanes) is 1. The van der Waals surface area contributed by atoms with Crippen LogP contribution >= 0.6 is 12.6 Å². The van der Waals surface area contributed by atoms with E-state index < -0.39 is 29.9 Å². The third-order valence-corrected chi connectivity index (χ3v) is 6.68. The average molecular weight is 537 g/mol. The van der Waals surface area contributed by atoms with Gasteiger partial charge >= 0.3 is 5.97 Å². The number of carboxylic acid groups (broad SMARTS) is 1. The van der Waals surface area contributed by atoms with E-state index in [-0.39, 0.29) is 31.0 Å². The third kappa shape index (κ3) is 11.9. The number of carboxylic acids is 1. The maximum atomic E-state index is 12.6. The number of aliphatic carboxylic acids is 1. The number of hydrogen-bond acceptors (Lipinski definition) is 7. The van der Waals surface area contributed by atoms with Crippen molar-refractivity contribution >= 4 is 36.3 Å². The minimum atomic E-state index is -1.19. The second kappa shape index (κ2) is 16.9. The fourth-order valence-electron chi connectivity index (χ4n) is 4.07. The zero-order valence-electron chi connectivity index (χ0n) is 21.5. The van der Waals surface area contributed by atoms with E-state index >= 15 is 0 Å². The van der Waals surface area contributed by atoms with Gasteiger partial charge in [-0.1, -0.05) is 25.5 Å². The first kappa shape index (κ1) is 30.4. The summed E-state index contributed by atoms with van der Waals surface area (Å²) >= 11 is 4.08. The van der Waals surface area contributed by atoms with Crippen LogP contribution in [0.25, 0.3) is 0 Å². The molecule has 0 bridgehead atoms. The fraction of sp³-hybridized carbons (Fsp3) is 0.615. The van der Waals surface area contributed by atoms with E-state index in [0.717, 1.165) is 43.2 Å². The van der Waals surface area contributed by atoms with Gasteiger partial charge in [0, 0.05) is 18.6 Å². The van der Waals surface area contributed by atoms with Gasteiger partial charge in [-0.2, -0.15) is 12.6 Å². The molecule has 206 valence electrons. The predicted octanol–water partition coefficient (Wildman–Crippen LogP) is 1.29. The van der Waals surface area contributed by atoms with Gasteiger partial charge in [0.25, 0.3) is 0 Å². The molecule has 3 amide bonds. The molecule has 1 heterocycles. The van der Waals surface area contributed by atoms with Crippen LogP contribution in [0.1, 0.15) is 51.0 Å². The Kier molecular flexibility index (Phi) is 13.9. The number of piperidine rings is 1. The van der Waals surface area contributed by atoms with E-state index in [9.17, 15) is 24.3 Å². The molecule has 1 aliphatic heterocycles. The molecular formula is C26H40N4O6S. The number of nitrogens with one attached hydrogen (secondary N) is 4. The predicted molar refractivity (Wildman–Crippen MR) is 144 cm³/mol. The summed E-state index contributed by atoms with van der Waals surface area (Å²) < 4.78 is 5.82. The van der Waals surface area contributed by atoms with Gasteiger partial charge in [0.15, 0.2) is 0 Å². The minimum absolute atomic E-state index is 0.0322. The maximum absolute atomic E-state index is 12.6. The molecule has 2 atom stereocenters. The second-order valence-electron chi connectivity index (χ2n) is 9.22. The Bertz CT molecular complexity index is 876. The molecule has 1 aromatic rings. The number of benzene rings is 1. The standard InChI is InChI=1S/C26H40N4O6S/c1-2-23(31)28-16-24(32)29-22(17-37)25(33)30-21(26(34)35)15-19-6-8-20(9-7-19)36-14-4-3-5-18-10-12-27-13-11-18/h6-9,18,21-22,27,37H,2-5,10-17H2,1H3,(H,28,31)(H,29,32)(H,30,33)(H,34,35). The molecule has 10 nitrogen and oxygen atoms in total. The molecule has 1 saturated heterocycles. The van der Waals surface area contributed by atoms with Gasteiger partial charge in [0.2, 0.25) is 17.7 Å². The molecule has 2 unspecified atom stereocenters. The Morgan fingerprint density at radius 2 is 1.76 bits per heavy atom. The van der Waals surface area contributed by atoms with E-state index in [1.807, 2.05) is 0 Å². The smallest absolute Gasteiger partial charge is 0.326 e. The summed E-state index contributed by atoms with van der Waals surface area (Å²) in [5.74, 6) is -1.22. The third-order valence-electron chi connectivity index (χ3n) is 6.31. The van der Waals surface area contributed by atoms with Crippen molar-refractivity contribution in [1.29, 1.82) is 0 Å². The van der Waals surface area contributed by atoms with Gasteiger partial charge in [0.05, 0.1) is 13.2 Å². The fourth-order valence-corrected chi connectivity index (χ4v) is 4.33. The summed E-state index contributed by atoms with van der Waals surface area (Å²) in [6.45, 7) is 4.25. The van der Waals surface area contributed by atoms with Crippen LogP contribution in [0, 0.1) is 5.92 Å². The molecule has 5 N–H and O–H groups in total. The number of thiol groups is 1. The van der Waals surface area contributed by atoms with Gasteiger partial charge in [0.1, 0.15) is 17.8 Å². The number of hydrogen-bond donors (Lipinski definition) is 6. The first-order valence-corrected chi connectivity index (χ1v) is 13.6. The monoisotopic (exact) mass is 536 g/mol. The van der Waals surface area contributed by atoms with Crippen LogP contribution in [0.2, 0.25) is 0 Å². The first-order valence-electron chi connectivity index (χ1n) is 12.9. The van der Waals surface area contributed by atoms with Crippen LogP contribution in [-0.4, -0.2) is 72.9 Å². The van der Waals surface area contributed by atoms with E-state index in [1.165, 1.54) is 19.3 Å². The van der Waals surface area contributed by atoms with Crippen molar-refractivity contribution in [2.75, 3.05) is 32.0 Å². The van der Waals surface area contributed by atoms with Crippen molar-refractivity contribution in [2.45, 2.75) is 64.0 Å². The van der Waals surface area contributed by atoms with Gasteiger partial charge < -0.3 is 31.1 Å². The molecule has 37 heavy (non-hydrogen) atoms. The lowest BCUT2D eigenvalue weighted by Crippen LogP contribution is -2.54. The molecule has 1 aliphatic rings. The maximum Gasteiger partial charge on any atom is 0.326 e. The molecule has 2 rings (SSSR count). The normalized spacial score (nSPS) is 15.3. The minimum Gasteiger partial charge on any atom is -0.494 e. The van der Waals surface area contributed by atoms with Crippen molar-refractivity contribution in [3.8, 4) is 5.75 Å². The lowest BCUT2D eigenvalue weighted by atomic mass is 9.93. The molecule has 1 aromatic carbocycles. The highest BCUT2D eigenvalue weighted by atomic mass is 32.1. The van der Waals surface area contributed by atoms with Crippen molar-refractivity contribution < 1.29 is 29.0 Å². The van der Waals surface area contributed by atoms with Crippen molar-refractivity contribution in [1.82, 2.24) is 21.3 Å². The summed E-state index contributed by atoms with van der Waals surface area (Å²) in [5, 5.41) is 20.3.